The quantitative estimate of drug-likeness (QED) is 0.721. The number of rotatable bonds is 5. The molecule has 2 heterocycles. The molecular formula is C19H19N3O2. The Labute approximate surface area is 141 Å². The monoisotopic (exact) mass is 321 g/mol. The molecule has 24 heavy (non-hydrogen) atoms. The Balaban J connectivity index is 1.92. The zero-order chi connectivity index (χ0) is 17.1. The van der Waals surface area contributed by atoms with Crippen LogP contribution in [0, 0.1) is 18.3 Å². The highest BCUT2D eigenvalue weighted by molar-refractivity contribution is 5.49. The average molecular weight is 321 g/mol. The summed E-state index contributed by atoms with van der Waals surface area (Å²) in [5.74, 6) is 1.47. The minimum Gasteiger partial charge on any atom is -0.493 e. The number of nitriles is 1. The van der Waals surface area contributed by atoms with Crippen LogP contribution < -0.4 is 9.47 Å². The fraction of sp³-hybridized carbons (Fsp3) is 0.263. The molecule has 5 nitrogen and oxygen atoms in total. The summed E-state index contributed by atoms with van der Waals surface area (Å²) in [4.78, 5) is 4.64. The van der Waals surface area contributed by atoms with Crippen LogP contribution in [0.15, 0.2) is 36.5 Å². The number of aryl methyl sites for hydroxylation is 1. The predicted octanol–water partition coefficient (Wildman–Crippen LogP) is 3.51. The topological polar surface area (TPSA) is 59.5 Å². The highest BCUT2D eigenvalue weighted by Crippen LogP contribution is 2.29. The van der Waals surface area contributed by atoms with Crippen molar-refractivity contribution in [3.63, 3.8) is 0 Å². The van der Waals surface area contributed by atoms with Gasteiger partial charge in [0.15, 0.2) is 11.5 Å². The highest BCUT2D eigenvalue weighted by Gasteiger charge is 2.10. The zero-order valence-electron chi connectivity index (χ0n) is 14.0. The number of benzene rings is 1. The first-order chi connectivity index (χ1) is 11.7. The summed E-state index contributed by atoms with van der Waals surface area (Å²) < 4.78 is 12.9. The van der Waals surface area contributed by atoms with Crippen LogP contribution in [-0.4, -0.2) is 23.1 Å². The number of nitrogens with zero attached hydrogens (tertiary/aromatic N) is 3. The summed E-state index contributed by atoms with van der Waals surface area (Å²) in [5.41, 5.74) is 4.45. The zero-order valence-corrected chi connectivity index (χ0v) is 14.0. The van der Waals surface area contributed by atoms with E-state index < -0.39 is 0 Å². The van der Waals surface area contributed by atoms with Crippen LogP contribution in [0.5, 0.6) is 11.5 Å². The lowest BCUT2D eigenvalue weighted by Gasteiger charge is -2.10. The van der Waals surface area contributed by atoms with Crippen LogP contribution in [0.3, 0.4) is 0 Å². The van der Waals surface area contributed by atoms with Crippen LogP contribution in [0.2, 0.25) is 0 Å². The van der Waals surface area contributed by atoms with E-state index in [-0.39, 0.29) is 0 Å². The molecule has 122 valence electrons. The summed E-state index contributed by atoms with van der Waals surface area (Å²) in [6.07, 6.45) is 2.67. The lowest BCUT2D eigenvalue weighted by Crippen LogP contribution is -1.97. The molecule has 2 aromatic heterocycles. The SMILES string of the molecule is CCOc1ccc(Cc2cn3c(C)c(C#N)ccc3n2)cc1OC. The molecule has 0 fully saturated rings. The van der Waals surface area contributed by atoms with Gasteiger partial charge in [0.2, 0.25) is 0 Å². The fourth-order valence-corrected chi connectivity index (χ4v) is 2.75. The fourth-order valence-electron chi connectivity index (χ4n) is 2.75. The molecule has 0 aliphatic heterocycles. The van der Waals surface area contributed by atoms with Crippen molar-refractivity contribution in [2.75, 3.05) is 13.7 Å². The van der Waals surface area contributed by atoms with Gasteiger partial charge in [0, 0.05) is 18.3 Å². The highest BCUT2D eigenvalue weighted by atomic mass is 16.5. The number of ether oxygens (including phenoxy) is 2. The van der Waals surface area contributed by atoms with Crippen molar-refractivity contribution >= 4 is 5.65 Å². The number of fused-ring (bicyclic) bond motifs is 1. The minimum atomic E-state index is 0.600. The van der Waals surface area contributed by atoms with Crippen molar-refractivity contribution in [1.82, 2.24) is 9.38 Å². The van der Waals surface area contributed by atoms with Crippen LogP contribution in [-0.2, 0) is 6.42 Å². The Bertz CT molecular complexity index is 922. The molecule has 0 atom stereocenters. The second-order valence-electron chi connectivity index (χ2n) is 5.50. The molecule has 0 saturated heterocycles. The van der Waals surface area contributed by atoms with Crippen LogP contribution in [0.1, 0.15) is 29.4 Å². The van der Waals surface area contributed by atoms with Gasteiger partial charge in [0.1, 0.15) is 11.7 Å². The molecule has 0 radical (unpaired) electrons. The number of pyridine rings is 1. The van der Waals surface area contributed by atoms with Gasteiger partial charge in [0.25, 0.3) is 0 Å². The van der Waals surface area contributed by atoms with Gasteiger partial charge in [-0.25, -0.2) is 4.98 Å². The molecule has 0 N–H and O–H groups in total. The molecule has 0 aliphatic carbocycles. The maximum atomic E-state index is 9.14. The first-order valence-electron chi connectivity index (χ1n) is 7.83. The number of methoxy groups -OCH3 is 1. The Morgan fingerprint density at radius 1 is 1.21 bits per heavy atom. The van der Waals surface area contributed by atoms with Crippen molar-refractivity contribution in [2.24, 2.45) is 0 Å². The first kappa shape index (κ1) is 15.9. The molecule has 3 aromatic rings. The molecule has 0 aliphatic rings. The smallest absolute Gasteiger partial charge is 0.161 e. The molecule has 1 aromatic carbocycles. The first-order valence-corrected chi connectivity index (χ1v) is 7.83. The summed E-state index contributed by atoms with van der Waals surface area (Å²) in [5, 5.41) is 9.14. The van der Waals surface area contributed by atoms with Crippen molar-refractivity contribution < 1.29 is 9.47 Å². The number of hydrogen-bond acceptors (Lipinski definition) is 4. The van der Waals surface area contributed by atoms with Crippen LogP contribution >= 0.6 is 0 Å². The van der Waals surface area contributed by atoms with E-state index in [1.54, 1.807) is 13.2 Å². The second-order valence-corrected chi connectivity index (χ2v) is 5.50. The lowest BCUT2D eigenvalue weighted by atomic mass is 10.1. The van der Waals surface area contributed by atoms with Crippen molar-refractivity contribution in [3.8, 4) is 17.6 Å². The van der Waals surface area contributed by atoms with Gasteiger partial charge in [-0.05, 0) is 43.7 Å². The van der Waals surface area contributed by atoms with Crippen molar-refractivity contribution in [3.05, 3.63) is 59.0 Å². The molecule has 0 spiro atoms. The van der Waals surface area contributed by atoms with Crippen molar-refractivity contribution in [2.45, 2.75) is 20.3 Å². The van der Waals surface area contributed by atoms with E-state index in [0.717, 1.165) is 34.1 Å². The molecule has 0 unspecified atom stereocenters. The Morgan fingerprint density at radius 3 is 2.75 bits per heavy atom. The summed E-state index contributed by atoms with van der Waals surface area (Å²) in [7, 11) is 1.64. The van der Waals surface area contributed by atoms with E-state index in [1.807, 2.05) is 48.7 Å². The number of imidazole rings is 1. The van der Waals surface area contributed by atoms with E-state index in [4.69, 9.17) is 14.7 Å². The van der Waals surface area contributed by atoms with E-state index in [2.05, 4.69) is 11.1 Å². The van der Waals surface area contributed by atoms with Crippen LogP contribution in [0.25, 0.3) is 5.65 Å². The van der Waals surface area contributed by atoms with E-state index in [9.17, 15) is 0 Å². The minimum absolute atomic E-state index is 0.600. The van der Waals surface area contributed by atoms with E-state index >= 15 is 0 Å². The Morgan fingerprint density at radius 2 is 2.04 bits per heavy atom. The largest absolute Gasteiger partial charge is 0.493 e. The van der Waals surface area contributed by atoms with Crippen molar-refractivity contribution in [1.29, 1.82) is 5.26 Å². The normalized spacial score (nSPS) is 10.6. The molecule has 3 rings (SSSR count). The van der Waals surface area contributed by atoms with Gasteiger partial charge in [-0.15, -0.1) is 0 Å². The standard InChI is InChI=1S/C19H19N3O2/c1-4-24-17-7-5-14(10-18(17)23-3)9-16-12-22-13(2)15(11-20)6-8-19(22)21-16/h5-8,10,12H,4,9H2,1-3H3. The van der Waals surface area contributed by atoms with Gasteiger partial charge in [-0.2, -0.15) is 5.26 Å². The third-order valence-corrected chi connectivity index (χ3v) is 3.97. The number of aromatic nitrogens is 2. The van der Waals surface area contributed by atoms with Gasteiger partial charge < -0.3 is 13.9 Å². The second kappa shape index (κ2) is 6.63. The van der Waals surface area contributed by atoms with Gasteiger partial charge >= 0.3 is 0 Å². The van der Waals surface area contributed by atoms with E-state index in [1.165, 1.54) is 0 Å². The predicted molar refractivity (Wildman–Crippen MR) is 91.6 cm³/mol. The maximum absolute atomic E-state index is 9.14. The summed E-state index contributed by atoms with van der Waals surface area (Å²) in [6.45, 7) is 4.47. The van der Waals surface area contributed by atoms with Gasteiger partial charge in [-0.3, -0.25) is 0 Å². The Kier molecular flexibility index (Phi) is 4.39. The summed E-state index contributed by atoms with van der Waals surface area (Å²) >= 11 is 0. The molecule has 0 bridgehead atoms. The lowest BCUT2D eigenvalue weighted by molar-refractivity contribution is 0.310. The van der Waals surface area contributed by atoms with Gasteiger partial charge in [0.05, 0.1) is 25.0 Å². The molecule has 0 saturated carbocycles. The molecule has 0 amide bonds. The van der Waals surface area contributed by atoms with Crippen LogP contribution in [0.4, 0.5) is 0 Å². The Hall–Kier alpha value is -3.00. The molecular weight excluding hydrogens is 302 g/mol. The summed E-state index contributed by atoms with van der Waals surface area (Å²) in [6, 6.07) is 11.8. The van der Waals surface area contributed by atoms with Gasteiger partial charge in [-0.1, -0.05) is 6.07 Å². The third-order valence-electron chi connectivity index (χ3n) is 3.97. The molecule has 5 heteroatoms. The number of hydrogen-bond donors (Lipinski definition) is 0. The maximum Gasteiger partial charge on any atom is 0.161 e. The average Bonchev–Trinajstić information content (AvgIpc) is 3.00. The van der Waals surface area contributed by atoms with E-state index in [0.29, 0.717) is 18.6 Å². The third kappa shape index (κ3) is 2.91.